The minimum atomic E-state index is -4.51. The molecule has 0 aromatic carbocycles. The fourth-order valence-electron chi connectivity index (χ4n) is 2.78. The SMILES string of the molecule is CCS(=O)(=O)NCC1(COc2ccc(C(F)(F)F)cn2)C[C@@H](O)[C@@H](O)C1. The van der Waals surface area contributed by atoms with E-state index in [9.17, 15) is 31.8 Å². The highest BCUT2D eigenvalue weighted by Gasteiger charge is 2.45. The van der Waals surface area contributed by atoms with E-state index >= 15 is 0 Å². The smallest absolute Gasteiger partial charge is 0.417 e. The van der Waals surface area contributed by atoms with Gasteiger partial charge in [-0.15, -0.1) is 0 Å². The first-order valence-electron chi connectivity index (χ1n) is 7.96. The second-order valence-corrected chi connectivity index (χ2v) is 8.53. The predicted molar refractivity (Wildman–Crippen MR) is 85.9 cm³/mol. The van der Waals surface area contributed by atoms with E-state index < -0.39 is 39.4 Å². The van der Waals surface area contributed by atoms with Gasteiger partial charge in [0.1, 0.15) is 0 Å². The van der Waals surface area contributed by atoms with Gasteiger partial charge in [0.05, 0.1) is 30.1 Å². The van der Waals surface area contributed by atoms with Gasteiger partial charge in [-0.1, -0.05) is 0 Å². The minimum Gasteiger partial charge on any atom is -0.477 e. The summed E-state index contributed by atoms with van der Waals surface area (Å²) in [4.78, 5) is 3.59. The van der Waals surface area contributed by atoms with Crippen LogP contribution >= 0.6 is 0 Å². The van der Waals surface area contributed by atoms with Crippen molar-refractivity contribution in [3.8, 4) is 5.88 Å². The van der Waals surface area contributed by atoms with E-state index in [0.29, 0.717) is 6.20 Å². The summed E-state index contributed by atoms with van der Waals surface area (Å²) >= 11 is 0. The van der Waals surface area contributed by atoms with Crippen LogP contribution in [0.5, 0.6) is 5.88 Å². The number of nitrogens with zero attached hydrogens (tertiary/aromatic N) is 1. The molecule has 148 valence electrons. The Morgan fingerprint density at radius 2 is 1.92 bits per heavy atom. The highest BCUT2D eigenvalue weighted by atomic mass is 32.2. The van der Waals surface area contributed by atoms with Crippen molar-refractivity contribution < 1.29 is 36.5 Å². The lowest BCUT2D eigenvalue weighted by atomic mass is 9.87. The largest absolute Gasteiger partial charge is 0.477 e. The average molecular weight is 398 g/mol. The monoisotopic (exact) mass is 398 g/mol. The number of hydrogen-bond acceptors (Lipinski definition) is 6. The molecule has 2 rings (SSSR count). The summed E-state index contributed by atoms with van der Waals surface area (Å²) in [6.45, 7) is 1.28. The van der Waals surface area contributed by atoms with E-state index in [2.05, 4.69) is 9.71 Å². The molecule has 7 nitrogen and oxygen atoms in total. The van der Waals surface area contributed by atoms with E-state index in [1.165, 1.54) is 6.92 Å². The summed E-state index contributed by atoms with van der Waals surface area (Å²) in [7, 11) is -3.49. The second-order valence-electron chi connectivity index (χ2n) is 6.44. The van der Waals surface area contributed by atoms with E-state index in [-0.39, 0.29) is 37.6 Å². The number of halogens is 3. The van der Waals surface area contributed by atoms with Gasteiger partial charge in [-0.3, -0.25) is 0 Å². The summed E-state index contributed by atoms with van der Waals surface area (Å²) in [5.74, 6) is -0.193. The lowest BCUT2D eigenvalue weighted by molar-refractivity contribution is -0.137. The van der Waals surface area contributed by atoms with E-state index in [4.69, 9.17) is 4.74 Å². The summed E-state index contributed by atoms with van der Waals surface area (Å²) < 4.78 is 68.8. The molecule has 26 heavy (non-hydrogen) atoms. The van der Waals surface area contributed by atoms with Crippen molar-refractivity contribution >= 4 is 10.0 Å². The lowest BCUT2D eigenvalue weighted by Crippen LogP contribution is -2.41. The first kappa shape index (κ1) is 20.9. The van der Waals surface area contributed by atoms with Gasteiger partial charge in [0.25, 0.3) is 0 Å². The Hall–Kier alpha value is -1.43. The van der Waals surface area contributed by atoms with Crippen LogP contribution in [0.2, 0.25) is 0 Å². The zero-order chi connectivity index (χ0) is 19.6. The molecule has 3 atom stereocenters. The van der Waals surface area contributed by atoms with Crippen molar-refractivity contribution in [2.75, 3.05) is 18.9 Å². The molecule has 3 N–H and O–H groups in total. The van der Waals surface area contributed by atoms with Gasteiger partial charge in [0.2, 0.25) is 15.9 Å². The minimum absolute atomic E-state index is 0.0633. The molecular formula is C15H21F3N2O5S. The first-order chi connectivity index (χ1) is 12.0. The quantitative estimate of drug-likeness (QED) is 0.630. The zero-order valence-electron chi connectivity index (χ0n) is 14.0. The molecular weight excluding hydrogens is 377 g/mol. The van der Waals surface area contributed by atoms with Crippen LogP contribution in [0.3, 0.4) is 0 Å². The number of rotatable bonds is 7. The standard InChI is InChI=1S/C15H21F3N2O5S/c1-2-26(23,24)20-8-14(5-11(21)12(22)6-14)9-25-13-4-3-10(7-19-13)15(16,17)18/h3-4,7,11-12,20-22H,2,5-6,8-9H2,1H3/t11-,12+,14?. The Morgan fingerprint density at radius 1 is 1.31 bits per heavy atom. The number of aliphatic hydroxyl groups excluding tert-OH is 2. The van der Waals surface area contributed by atoms with Crippen molar-refractivity contribution in [3.63, 3.8) is 0 Å². The fraction of sp³-hybridized carbons (Fsp3) is 0.667. The molecule has 1 unspecified atom stereocenters. The number of pyridine rings is 1. The maximum atomic E-state index is 12.5. The Balaban J connectivity index is 2.08. The molecule has 0 amide bonds. The number of nitrogens with one attached hydrogen (secondary N) is 1. The van der Waals surface area contributed by atoms with Crippen LogP contribution in [-0.2, 0) is 16.2 Å². The van der Waals surface area contributed by atoms with Gasteiger partial charge in [0.15, 0.2) is 0 Å². The number of ether oxygens (including phenoxy) is 1. The van der Waals surface area contributed by atoms with Crippen LogP contribution in [0.1, 0.15) is 25.3 Å². The molecule has 1 saturated carbocycles. The second kappa shape index (κ2) is 7.67. The van der Waals surface area contributed by atoms with Crippen LogP contribution in [0, 0.1) is 5.41 Å². The third kappa shape index (κ3) is 5.29. The summed E-state index contributed by atoms with van der Waals surface area (Å²) in [5, 5.41) is 19.6. The van der Waals surface area contributed by atoms with Crippen LogP contribution in [-0.4, -0.2) is 54.7 Å². The number of aliphatic hydroxyl groups is 2. The van der Waals surface area contributed by atoms with Crippen molar-refractivity contribution in [2.45, 2.75) is 38.1 Å². The van der Waals surface area contributed by atoms with E-state index in [0.717, 1.165) is 12.1 Å². The Kier molecular flexibility index (Phi) is 6.16. The third-order valence-electron chi connectivity index (χ3n) is 4.37. The number of sulfonamides is 1. The molecule has 1 heterocycles. The van der Waals surface area contributed by atoms with Gasteiger partial charge < -0.3 is 14.9 Å². The molecule has 1 aromatic heterocycles. The molecule has 1 aromatic rings. The first-order valence-corrected chi connectivity index (χ1v) is 9.61. The van der Waals surface area contributed by atoms with Crippen molar-refractivity contribution in [1.82, 2.24) is 9.71 Å². The number of alkyl halides is 3. The van der Waals surface area contributed by atoms with Crippen LogP contribution in [0.25, 0.3) is 0 Å². The molecule has 11 heteroatoms. The van der Waals surface area contributed by atoms with Crippen LogP contribution in [0.15, 0.2) is 18.3 Å². The molecule has 0 spiro atoms. The summed E-state index contributed by atoms with van der Waals surface area (Å²) in [6.07, 6.45) is -5.77. The van der Waals surface area contributed by atoms with Gasteiger partial charge in [-0.25, -0.2) is 18.1 Å². The van der Waals surface area contributed by atoms with Gasteiger partial charge >= 0.3 is 6.18 Å². The van der Waals surface area contributed by atoms with Crippen molar-refractivity contribution in [3.05, 3.63) is 23.9 Å². The summed E-state index contributed by atoms with van der Waals surface area (Å²) in [5.41, 5.74) is -1.81. The maximum absolute atomic E-state index is 12.5. The number of hydrogen-bond donors (Lipinski definition) is 3. The van der Waals surface area contributed by atoms with E-state index in [1.54, 1.807) is 0 Å². The Labute approximate surface area is 149 Å². The molecule has 0 saturated heterocycles. The topological polar surface area (TPSA) is 109 Å². The number of aromatic nitrogens is 1. The highest BCUT2D eigenvalue weighted by molar-refractivity contribution is 7.89. The third-order valence-corrected chi connectivity index (χ3v) is 5.71. The van der Waals surface area contributed by atoms with Crippen molar-refractivity contribution in [2.24, 2.45) is 5.41 Å². The van der Waals surface area contributed by atoms with Gasteiger partial charge in [-0.2, -0.15) is 13.2 Å². The molecule has 0 radical (unpaired) electrons. The molecule has 1 aliphatic rings. The average Bonchev–Trinajstić information content (AvgIpc) is 2.86. The van der Waals surface area contributed by atoms with Crippen LogP contribution < -0.4 is 9.46 Å². The normalized spacial score (nSPS) is 26.8. The molecule has 1 fully saturated rings. The molecule has 1 aliphatic carbocycles. The predicted octanol–water partition coefficient (Wildman–Crippen LogP) is 0.920. The maximum Gasteiger partial charge on any atom is 0.417 e. The van der Waals surface area contributed by atoms with Gasteiger partial charge in [-0.05, 0) is 25.8 Å². The fourth-order valence-corrected chi connectivity index (χ4v) is 3.51. The molecule has 0 bridgehead atoms. The molecule has 0 aliphatic heterocycles. The Morgan fingerprint density at radius 3 is 2.38 bits per heavy atom. The van der Waals surface area contributed by atoms with Gasteiger partial charge in [0, 0.05) is 24.2 Å². The lowest BCUT2D eigenvalue weighted by Gasteiger charge is -2.28. The Bertz CT molecular complexity index is 699. The highest BCUT2D eigenvalue weighted by Crippen LogP contribution is 2.39. The zero-order valence-corrected chi connectivity index (χ0v) is 14.8. The van der Waals surface area contributed by atoms with E-state index in [1.807, 2.05) is 0 Å². The summed E-state index contributed by atoms with van der Waals surface area (Å²) in [6, 6.07) is 1.89. The van der Waals surface area contributed by atoms with Crippen LogP contribution in [0.4, 0.5) is 13.2 Å². The van der Waals surface area contributed by atoms with Crippen molar-refractivity contribution in [1.29, 1.82) is 0 Å².